The Kier molecular flexibility index (Phi) is 10.4. The maximum atomic E-state index is 11.4. The highest BCUT2D eigenvalue weighted by atomic mass is 16.6. The van der Waals surface area contributed by atoms with Gasteiger partial charge in [-0.3, -0.25) is 0 Å². The van der Waals surface area contributed by atoms with E-state index in [2.05, 4.69) is 0 Å². The molecule has 2 unspecified atom stereocenters. The molecule has 0 saturated heterocycles. The van der Waals surface area contributed by atoms with Crippen LogP contribution in [0.2, 0.25) is 0 Å². The summed E-state index contributed by atoms with van der Waals surface area (Å²) in [5, 5.41) is 64.3. The van der Waals surface area contributed by atoms with Gasteiger partial charge in [0.25, 0.3) is 0 Å². The molecular weight excluding hydrogens is 304 g/mol. The van der Waals surface area contributed by atoms with E-state index in [1.807, 2.05) is 0 Å². The van der Waals surface area contributed by atoms with E-state index < -0.39 is 62.4 Å². The summed E-state index contributed by atoms with van der Waals surface area (Å²) in [6.07, 6.45) is -9.45. The molecule has 0 aromatic carbocycles. The van der Waals surface area contributed by atoms with Crippen LogP contribution in [0.25, 0.3) is 0 Å². The second-order valence-corrected chi connectivity index (χ2v) is 4.76. The fraction of sp³-hybridized carbons (Fsp3) is 0.917. The lowest BCUT2D eigenvalue weighted by atomic mass is 10.0. The summed E-state index contributed by atoms with van der Waals surface area (Å²) in [5.74, 6) is -1.10. The van der Waals surface area contributed by atoms with E-state index in [1.54, 1.807) is 0 Å². The van der Waals surface area contributed by atoms with Gasteiger partial charge in [0.05, 0.1) is 26.4 Å². The number of rotatable bonds is 11. The van der Waals surface area contributed by atoms with Gasteiger partial charge in [0, 0.05) is 0 Å². The Morgan fingerprint density at radius 2 is 1.55 bits per heavy atom. The van der Waals surface area contributed by atoms with E-state index in [1.165, 1.54) is 0 Å². The van der Waals surface area contributed by atoms with Crippen molar-refractivity contribution in [2.24, 2.45) is 0 Å². The molecule has 22 heavy (non-hydrogen) atoms. The molecule has 10 nitrogen and oxygen atoms in total. The van der Waals surface area contributed by atoms with E-state index in [-0.39, 0.29) is 6.61 Å². The molecule has 7 N–H and O–H groups in total. The molecule has 0 aromatic rings. The zero-order chi connectivity index (χ0) is 17.3. The summed E-state index contributed by atoms with van der Waals surface area (Å²) in [6, 6.07) is 0. The fourth-order valence-corrected chi connectivity index (χ4v) is 1.38. The molecule has 0 rings (SSSR count). The minimum Gasteiger partial charge on any atom is -0.455 e. The quantitative estimate of drug-likeness (QED) is 0.184. The number of aliphatic hydroxyl groups excluding tert-OH is 7. The van der Waals surface area contributed by atoms with Crippen LogP contribution in [0.5, 0.6) is 0 Å². The molecule has 6 atom stereocenters. The molecule has 0 spiro atoms. The highest BCUT2D eigenvalue weighted by Crippen LogP contribution is 2.10. The summed E-state index contributed by atoms with van der Waals surface area (Å²) in [6.45, 7) is -1.08. The van der Waals surface area contributed by atoms with Crippen LogP contribution < -0.4 is 0 Å². The first-order valence-electron chi connectivity index (χ1n) is 6.64. The molecule has 0 aliphatic carbocycles. The van der Waals surface area contributed by atoms with Gasteiger partial charge < -0.3 is 45.2 Å². The second-order valence-electron chi connectivity index (χ2n) is 4.76. The third-order valence-corrected chi connectivity index (χ3v) is 2.72. The van der Waals surface area contributed by atoms with Crippen molar-refractivity contribution >= 4 is 5.97 Å². The van der Waals surface area contributed by atoms with Crippen molar-refractivity contribution in [3.63, 3.8) is 0 Å². The first kappa shape index (κ1) is 21.1. The molecule has 0 radical (unpaired) electrons. The van der Waals surface area contributed by atoms with Gasteiger partial charge in [-0.25, -0.2) is 4.79 Å². The Balaban J connectivity index is 4.72. The summed E-state index contributed by atoms with van der Waals surface area (Å²) >= 11 is 0. The SMILES string of the molecule is CC(O)C(=O)O[C@@H](COCC(O)CO)[C@@H](O)[C@H](O)[C@H](O)CO. The van der Waals surface area contributed by atoms with Crippen molar-refractivity contribution in [3.8, 4) is 0 Å². The Bertz CT molecular complexity index is 310. The number of ether oxygens (including phenoxy) is 2. The van der Waals surface area contributed by atoms with Crippen molar-refractivity contribution in [2.45, 2.75) is 43.5 Å². The molecule has 0 amide bonds. The normalized spacial score (nSPS) is 19.8. The number of aliphatic hydroxyl groups is 7. The largest absolute Gasteiger partial charge is 0.455 e. The number of carbonyl (C=O) groups is 1. The van der Waals surface area contributed by atoms with Crippen molar-refractivity contribution in [1.29, 1.82) is 0 Å². The Morgan fingerprint density at radius 1 is 0.955 bits per heavy atom. The molecule has 0 saturated carbocycles. The molecule has 132 valence electrons. The Labute approximate surface area is 127 Å². The van der Waals surface area contributed by atoms with E-state index in [0.29, 0.717) is 0 Å². The van der Waals surface area contributed by atoms with Crippen molar-refractivity contribution < 1.29 is 50.0 Å². The standard InChI is InChI=1S/C12H24O10/c1-6(15)12(20)22-9(5-21-4-7(16)2-13)11(19)10(18)8(17)3-14/h6-11,13-19H,2-5H2,1H3/t6?,7?,8-,9+,10-,11-/m1/s1. The van der Waals surface area contributed by atoms with E-state index in [9.17, 15) is 20.1 Å². The number of hydrogen-bond donors (Lipinski definition) is 7. The van der Waals surface area contributed by atoms with Gasteiger partial charge >= 0.3 is 5.97 Å². The Morgan fingerprint density at radius 3 is 2.00 bits per heavy atom. The van der Waals surface area contributed by atoms with E-state index in [0.717, 1.165) is 6.92 Å². The van der Waals surface area contributed by atoms with E-state index >= 15 is 0 Å². The van der Waals surface area contributed by atoms with E-state index in [4.69, 9.17) is 29.9 Å². The predicted octanol–water partition coefficient (Wildman–Crippen LogP) is -4.28. The van der Waals surface area contributed by atoms with Crippen molar-refractivity contribution in [3.05, 3.63) is 0 Å². The minimum atomic E-state index is -1.83. The lowest BCUT2D eigenvalue weighted by molar-refractivity contribution is -0.181. The van der Waals surface area contributed by atoms with Gasteiger partial charge in [-0.1, -0.05) is 0 Å². The molecule has 0 bridgehead atoms. The highest BCUT2D eigenvalue weighted by molar-refractivity contribution is 5.74. The summed E-state index contributed by atoms with van der Waals surface area (Å²) in [5.41, 5.74) is 0. The molecule has 0 aliphatic rings. The highest BCUT2D eigenvalue weighted by Gasteiger charge is 2.34. The first-order chi connectivity index (χ1) is 10.2. The van der Waals surface area contributed by atoms with Crippen LogP contribution in [0, 0.1) is 0 Å². The van der Waals surface area contributed by atoms with Gasteiger partial charge in [-0.2, -0.15) is 0 Å². The van der Waals surface area contributed by atoms with Crippen molar-refractivity contribution in [1.82, 2.24) is 0 Å². The average molecular weight is 328 g/mol. The van der Waals surface area contributed by atoms with Gasteiger partial charge in [0.1, 0.15) is 30.5 Å². The third-order valence-electron chi connectivity index (χ3n) is 2.72. The third kappa shape index (κ3) is 7.42. The van der Waals surface area contributed by atoms with Gasteiger partial charge in [0.2, 0.25) is 0 Å². The monoisotopic (exact) mass is 328 g/mol. The molecule has 0 fully saturated rings. The van der Waals surface area contributed by atoms with Crippen LogP contribution in [-0.2, 0) is 14.3 Å². The summed E-state index contributed by atoms with van der Waals surface area (Å²) in [4.78, 5) is 11.4. The zero-order valence-corrected chi connectivity index (χ0v) is 12.1. The van der Waals surface area contributed by atoms with Crippen molar-refractivity contribution in [2.75, 3.05) is 26.4 Å². The van der Waals surface area contributed by atoms with Crippen LogP contribution in [0.15, 0.2) is 0 Å². The average Bonchev–Trinajstić information content (AvgIpc) is 2.50. The van der Waals surface area contributed by atoms with Crippen LogP contribution >= 0.6 is 0 Å². The maximum absolute atomic E-state index is 11.4. The lowest BCUT2D eigenvalue weighted by Crippen LogP contribution is -2.49. The maximum Gasteiger partial charge on any atom is 0.335 e. The summed E-state index contributed by atoms with van der Waals surface area (Å²) < 4.78 is 9.67. The van der Waals surface area contributed by atoms with Gasteiger partial charge in [-0.05, 0) is 6.92 Å². The first-order valence-corrected chi connectivity index (χ1v) is 6.64. The van der Waals surface area contributed by atoms with Gasteiger partial charge in [0.15, 0.2) is 6.10 Å². The number of hydrogen-bond acceptors (Lipinski definition) is 10. The van der Waals surface area contributed by atoms with Crippen LogP contribution in [0.1, 0.15) is 6.92 Å². The van der Waals surface area contributed by atoms with Crippen LogP contribution in [0.4, 0.5) is 0 Å². The zero-order valence-electron chi connectivity index (χ0n) is 12.1. The second kappa shape index (κ2) is 10.8. The fourth-order valence-electron chi connectivity index (χ4n) is 1.38. The Hall–Kier alpha value is -0.850. The molecule has 10 heteroatoms. The van der Waals surface area contributed by atoms with Gasteiger partial charge in [-0.15, -0.1) is 0 Å². The molecular formula is C12H24O10. The van der Waals surface area contributed by atoms with Crippen LogP contribution in [0.3, 0.4) is 0 Å². The topological polar surface area (TPSA) is 177 Å². The lowest BCUT2D eigenvalue weighted by Gasteiger charge is -2.29. The smallest absolute Gasteiger partial charge is 0.335 e. The number of esters is 1. The summed E-state index contributed by atoms with van der Waals surface area (Å²) in [7, 11) is 0. The molecule has 0 heterocycles. The van der Waals surface area contributed by atoms with Crippen LogP contribution in [-0.4, -0.2) is 105 Å². The molecule has 0 aromatic heterocycles. The minimum absolute atomic E-state index is 0.329. The predicted molar refractivity (Wildman–Crippen MR) is 70.6 cm³/mol. The number of carbonyl (C=O) groups excluding carboxylic acids is 1. The molecule has 0 aliphatic heterocycles.